The van der Waals surface area contributed by atoms with E-state index in [0.717, 1.165) is 18.4 Å². The van der Waals surface area contributed by atoms with Crippen molar-refractivity contribution in [3.05, 3.63) is 29.6 Å². The van der Waals surface area contributed by atoms with Crippen molar-refractivity contribution in [1.82, 2.24) is 4.98 Å². The van der Waals surface area contributed by atoms with Gasteiger partial charge in [0.05, 0.1) is 5.69 Å². The third-order valence-corrected chi connectivity index (χ3v) is 1.97. The third kappa shape index (κ3) is 3.09. The van der Waals surface area contributed by atoms with E-state index in [-0.39, 0.29) is 0 Å². The van der Waals surface area contributed by atoms with Crippen LogP contribution in [0.1, 0.15) is 36.5 Å². The molecule has 0 aliphatic heterocycles. The molecule has 14 heavy (non-hydrogen) atoms. The first-order chi connectivity index (χ1) is 6.76. The summed E-state index contributed by atoms with van der Waals surface area (Å²) in [5.41, 5.74) is 1.17. The number of carbonyl (C=O) groups is 1. The van der Waals surface area contributed by atoms with Crippen molar-refractivity contribution in [3.63, 3.8) is 0 Å². The number of hydrogen-bond donors (Lipinski definition) is 0. The van der Waals surface area contributed by atoms with Crippen LogP contribution >= 0.6 is 0 Å². The molecule has 3 heteroatoms. The summed E-state index contributed by atoms with van der Waals surface area (Å²) in [7, 11) is 0. The second kappa shape index (κ2) is 5.27. The van der Waals surface area contributed by atoms with Crippen molar-refractivity contribution >= 4 is 12.5 Å². The van der Waals surface area contributed by atoms with Crippen LogP contribution in [0.25, 0.3) is 0 Å². The number of carbonyl (C=O) groups excluding carboxylic acids is 1. The van der Waals surface area contributed by atoms with Gasteiger partial charge in [0.15, 0.2) is 6.29 Å². The van der Waals surface area contributed by atoms with Gasteiger partial charge in [0.2, 0.25) is 0 Å². The van der Waals surface area contributed by atoms with Gasteiger partial charge >= 0.3 is 0 Å². The van der Waals surface area contributed by atoms with Crippen LogP contribution < -0.4 is 0 Å². The summed E-state index contributed by atoms with van der Waals surface area (Å²) in [4.78, 5) is 18.8. The minimum atomic E-state index is 0.302. The lowest BCUT2D eigenvalue weighted by Gasteiger charge is -1.99. The van der Waals surface area contributed by atoms with Crippen molar-refractivity contribution in [2.24, 2.45) is 4.99 Å². The molecular formula is C11H14N2O. The summed E-state index contributed by atoms with van der Waals surface area (Å²) in [6, 6.07) is 5.61. The molecule has 1 atom stereocenters. The lowest BCUT2D eigenvalue weighted by molar-refractivity contribution is 0.111. The Labute approximate surface area is 83.9 Å². The fourth-order valence-corrected chi connectivity index (χ4v) is 0.915. The molecule has 0 radical (unpaired) electrons. The Balaban J connectivity index is 2.76. The highest BCUT2D eigenvalue weighted by Crippen LogP contribution is 1.98. The molecule has 0 aromatic carbocycles. The normalized spacial score (nSPS) is 13.0. The number of rotatable bonds is 4. The highest BCUT2D eigenvalue weighted by molar-refractivity contribution is 5.79. The number of aldehydes is 1. The lowest BCUT2D eigenvalue weighted by atomic mass is 10.3. The summed E-state index contributed by atoms with van der Waals surface area (Å²) in [6.07, 6.45) is 3.45. The molecule has 0 saturated heterocycles. The van der Waals surface area contributed by atoms with Gasteiger partial charge in [0, 0.05) is 12.3 Å². The summed E-state index contributed by atoms with van der Waals surface area (Å²) in [6.45, 7) is 4.12. The second-order valence-corrected chi connectivity index (χ2v) is 3.14. The SMILES string of the molecule is CCC(C)N=Cc1cccc(C=O)n1. The minimum absolute atomic E-state index is 0.302. The first-order valence-corrected chi connectivity index (χ1v) is 4.71. The highest BCUT2D eigenvalue weighted by Gasteiger charge is 1.95. The lowest BCUT2D eigenvalue weighted by Crippen LogP contribution is -1.98. The molecule has 0 spiro atoms. The van der Waals surface area contributed by atoms with Crippen LogP contribution in [0.3, 0.4) is 0 Å². The Hall–Kier alpha value is -1.51. The zero-order chi connectivity index (χ0) is 10.4. The molecule has 0 saturated carbocycles. The molecule has 1 heterocycles. The van der Waals surface area contributed by atoms with Crippen LogP contribution in [0.4, 0.5) is 0 Å². The van der Waals surface area contributed by atoms with Gasteiger partial charge in [-0.25, -0.2) is 4.98 Å². The van der Waals surface area contributed by atoms with E-state index in [1.807, 2.05) is 13.0 Å². The van der Waals surface area contributed by atoms with Crippen molar-refractivity contribution in [2.45, 2.75) is 26.3 Å². The molecule has 0 amide bonds. The van der Waals surface area contributed by atoms with Crippen LogP contribution in [0.15, 0.2) is 23.2 Å². The first kappa shape index (κ1) is 10.6. The standard InChI is InChI=1S/C11H14N2O/c1-3-9(2)12-7-10-5-4-6-11(8-14)13-10/h4-9H,3H2,1-2H3. The Kier molecular flexibility index (Phi) is 3.98. The number of aliphatic imine (C=N–C) groups is 1. The molecule has 74 valence electrons. The summed E-state index contributed by atoms with van der Waals surface area (Å²) < 4.78 is 0. The quantitative estimate of drug-likeness (QED) is 0.539. The predicted molar refractivity (Wildman–Crippen MR) is 57.0 cm³/mol. The van der Waals surface area contributed by atoms with Gasteiger partial charge in [-0.1, -0.05) is 13.0 Å². The monoisotopic (exact) mass is 190 g/mol. The molecule has 1 rings (SSSR count). The molecular weight excluding hydrogens is 176 g/mol. The van der Waals surface area contributed by atoms with Gasteiger partial charge < -0.3 is 0 Å². The maximum atomic E-state index is 10.4. The average molecular weight is 190 g/mol. The molecule has 1 aromatic rings. The molecule has 0 fully saturated rings. The van der Waals surface area contributed by atoms with Crippen molar-refractivity contribution < 1.29 is 4.79 Å². The van der Waals surface area contributed by atoms with E-state index in [1.165, 1.54) is 0 Å². The van der Waals surface area contributed by atoms with Gasteiger partial charge in [-0.3, -0.25) is 9.79 Å². The maximum Gasteiger partial charge on any atom is 0.168 e. The van der Waals surface area contributed by atoms with E-state index < -0.39 is 0 Å². The van der Waals surface area contributed by atoms with Crippen LogP contribution in [-0.2, 0) is 0 Å². The topological polar surface area (TPSA) is 42.3 Å². The van der Waals surface area contributed by atoms with Crippen molar-refractivity contribution in [3.8, 4) is 0 Å². The maximum absolute atomic E-state index is 10.4. The fourth-order valence-electron chi connectivity index (χ4n) is 0.915. The fraction of sp³-hybridized carbons (Fsp3) is 0.364. The average Bonchev–Trinajstić information content (AvgIpc) is 2.26. The molecule has 0 aliphatic carbocycles. The van der Waals surface area contributed by atoms with E-state index in [1.54, 1.807) is 18.3 Å². The van der Waals surface area contributed by atoms with E-state index in [0.29, 0.717) is 11.7 Å². The molecule has 1 aromatic heterocycles. The number of aromatic nitrogens is 1. The molecule has 0 aliphatic rings. The zero-order valence-electron chi connectivity index (χ0n) is 8.47. The smallest absolute Gasteiger partial charge is 0.168 e. The second-order valence-electron chi connectivity index (χ2n) is 3.14. The van der Waals surface area contributed by atoms with Crippen LogP contribution in [0.2, 0.25) is 0 Å². The molecule has 1 unspecified atom stereocenters. The van der Waals surface area contributed by atoms with Crippen LogP contribution in [0, 0.1) is 0 Å². The van der Waals surface area contributed by atoms with Gasteiger partial charge in [-0.15, -0.1) is 0 Å². The predicted octanol–water partition coefficient (Wildman–Crippen LogP) is 2.11. The summed E-state index contributed by atoms with van der Waals surface area (Å²) >= 11 is 0. The van der Waals surface area contributed by atoms with Gasteiger partial charge in [-0.05, 0) is 25.5 Å². The Bertz CT molecular complexity index is 334. The van der Waals surface area contributed by atoms with E-state index >= 15 is 0 Å². The van der Waals surface area contributed by atoms with Gasteiger partial charge in [0.25, 0.3) is 0 Å². The Morgan fingerprint density at radius 1 is 1.50 bits per heavy atom. The van der Waals surface area contributed by atoms with E-state index in [2.05, 4.69) is 16.9 Å². The summed E-state index contributed by atoms with van der Waals surface area (Å²) in [5, 5.41) is 0. The Morgan fingerprint density at radius 3 is 2.86 bits per heavy atom. The van der Waals surface area contributed by atoms with Crippen LogP contribution in [-0.4, -0.2) is 23.5 Å². The Morgan fingerprint density at radius 2 is 2.21 bits per heavy atom. The molecule has 3 nitrogen and oxygen atoms in total. The number of hydrogen-bond acceptors (Lipinski definition) is 3. The van der Waals surface area contributed by atoms with Crippen molar-refractivity contribution in [2.75, 3.05) is 0 Å². The molecule has 0 bridgehead atoms. The first-order valence-electron chi connectivity index (χ1n) is 4.71. The molecule has 0 N–H and O–H groups in total. The highest BCUT2D eigenvalue weighted by atomic mass is 16.1. The number of pyridine rings is 1. The zero-order valence-corrected chi connectivity index (χ0v) is 8.47. The van der Waals surface area contributed by atoms with Crippen molar-refractivity contribution in [1.29, 1.82) is 0 Å². The minimum Gasteiger partial charge on any atom is -0.296 e. The summed E-state index contributed by atoms with van der Waals surface area (Å²) in [5.74, 6) is 0. The van der Waals surface area contributed by atoms with Crippen LogP contribution in [0.5, 0.6) is 0 Å². The van der Waals surface area contributed by atoms with E-state index in [9.17, 15) is 4.79 Å². The number of nitrogens with zero attached hydrogens (tertiary/aromatic N) is 2. The third-order valence-electron chi connectivity index (χ3n) is 1.97. The van der Waals surface area contributed by atoms with E-state index in [4.69, 9.17) is 0 Å². The van der Waals surface area contributed by atoms with Gasteiger partial charge in [-0.2, -0.15) is 0 Å². The largest absolute Gasteiger partial charge is 0.296 e. The van der Waals surface area contributed by atoms with Gasteiger partial charge in [0.1, 0.15) is 5.69 Å².